The lowest BCUT2D eigenvalue weighted by molar-refractivity contribution is -0.141. The van der Waals surface area contributed by atoms with Gasteiger partial charge >= 0.3 is 5.97 Å². The molecule has 1 aliphatic rings. The highest BCUT2D eigenvalue weighted by molar-refractivity contribution is 9.10. The van der Waals surface area contributed by atoms with E-state index in [1.807, 2.05) is 24.3 Å². The van der Waals surface area contributed by atoms with Crippen molar-refractivity contribution in [3.63, 3.8) is 0 Å². The van der Waals surface area contributed by atoms with Crippen LogP contribution >= 0.6 is 28.3 Å². The van der Waals surface area contributed by atoms with Gasteiger partial charge in [-0.15, -0.1) is 12.4 Å². The van der Waals surface area contributed by atoms with Crippen molar-refractivity contribution in [3.05, 3.63) is 34.3 Å². The lowest BCUT2D eigenvalue weighted by atomic mass is 9.85. The van der Waals surface area contributed by atoms with Gasteiger partial charge in [0.1, 0.15) is 0 Å². The van der Waals surface area contributed by atoms with Crippen molar-refractivity contribution in [2.24, 2.45) is 11.7 Å². The summed E-state index contributed by atoms with van der Waals surface area (Å²) in [6, 6.07) is 7.27. The van der Waals surface area contributed by atoms with Crippen LogP contribution in [0, 0.1) is 5.92 Å². The van der Waals surface area contributed by atoms with Crippen LogP contribution in [0.25, 0.3) is 0 Å². The van der Waals surface area contributed by atoms with Gasteiger partial charge in [-0.05, 0) is 37.0 Å². The quantitative estimate of drug-likeness (QED) is 0.719. The number of nitrogens with two attached hydrogens (primary N) is 1. The van der Waals surface area contributed by atoms with Crippen LogP contribution in [0.1, 0.15) is 43.7 Å². The molecule has 0 radical (unpaired) electrons. The first kappa shape index (κ1) is 20.9. The Kier molecular flexibility index (Phi) is 8.73. The van der Waals surface area contributed by atoms with Crippen molar-refractivity contribution >= 4 is 40.2 Å². The van der Waals surface area contributed by atoms with Crippen molar-refractivity contribution in [2.45, 2.75) is 44.2 Å². The second kappa shape index (κ2) is 10.0. The lowest BCUT2D eigenvalue weighted by Gasteiger charge is -2.28. The van der Waals surface area contributed by atoms with Crippen molar-refractivity contribution in [1.82, 2.24) is 5.32 Å². The van der Waals surface area contributed by atoms with E-state index in [1.165, 1.54) is 7.11 Å². The summed E-state index contributed by atoms with van der Waals surface area (Å²) >= 11 is 3.42. The minimum atomic E-state index is -0.398. The molecule has 0 bridgehead atoms. The fraction of sp³-hybridized carbons (Fsp3) is 0.529. The van der Waals surface area contributed by atoms with Crippen LogP contribution in [0.3, 0.4) is 0 Å². The Morgan fingerprint density at radius 3 is 2.79 bits per heavy atom. The van der Waals surface area contributed by atoms with Gasteiger partial charge in [0.25, 0.3) is 0 Å². The van der Waals surface area contributed by atoms with Gasteiger partial charge in [-0.1, -0.05) is 34.5 Å². The van der Waals surface area contributed by atoms with Gasteiger partial charge in [-0.2, -0.15) is 0 Å². The average Bonchev–Trinajstić information content (AvgIpc) is 2.54. The highest BCUT2D eigenvalue weighted by atomic mass is 79.9. The molecule has 0 aromatic heterocycles. The standard InChI is InChI=1S/C17H23BrN2O3.ClH/c1-23-16(21)10-15(11-4-2-6-13(18)8-11)20-17(22)12-5-3-7-14(19)9-12;/h2,4,6,8,12,14-15H,3,5,7,9-10,19H2,1H3,(H,20,22);1H. The number of halogens is 2. The van der Waals surface area contributed by atoms with E-state index in [4.69, 9.17) is 10.5 Å². The highest BCUT2D eigenvalue weighted by Gasteiger charge is 2.28. The van der Waals surface area contributed by atoms with E-state index in [2.05, 4.69) is 21.2 Å². The molecule has 1 amide bonds. The zero-order chi connectivity index (χ0) is 16.8. The summed E-state index contributed by atoms with van der Waals surface area (Å²) in [6.07, 6.45) is 3.61. The minimum Gasteiger partial charge on any atom is -0.469 e. The number of nitrogens with one attached hydrogen (secondary N) is 1. The summed E-state index contributed by atoms with van der Waals surface area (Å²) < 4.78 is 5.66. The predicted molar refractivity (Wildman–Crippen MR) is 98.8 cm³/mol. The van der Waals surface area contributed by atoms with Gasteiger partial charge in [0.2, 0.25) is 5.91 Å². The molecule has 134 valence electrons. The molecule has 0 heterocycles. The topological polar surface area (TPSA) is 81.4 Å². The lowest BCUT2D eigenvalue weighted by Crippen LogP contribution is -2.39. The third-order valence-corrected chi connectivity index (χ3v) is 4.74. The number of benzene rings is 1. The molecule has 1 aromatic rings. The third kappa shape index (κ3) is 6.07. The van der Waals surface area contributed by atoms with Crippen molar-refractivity contribution in [2.75, 3.05) is 7.11 Å². The number of hydrogen-bond acceptors (Lipinski definition) is 4. The summed E-state index contributed by atoms with van der Waals surface area (Å²) in [4.78, 5) is 24.2. The fourth-order valence-electron chi connectivity index (χ4n) is 2.98. The second-order valence-electron chi connectivity index (χ2n) is 6.02. The van der Waals surface area contributed by atoms with Crippen LogP contribution in [-0.2, 0) is 14.3 Å². The van der Waals surface area contributed by atoms with E-state index in [0.717, 1.165) is 29.3 Å². The summed E-state index contributed by atoms with van der Waals surface area (Å²) in [5.41, 5.74) is 6.84. The Labute approximate surface area is 157 Å². The Morgan fingerprint density at radius 1 is 1.42 bits per heavy atom. The van der Waals surface area contributed by atoms with E-state index in [1.54, 1.807) is 0 Å². The molecular formula is C17H24BrClN2O3. The van der Waals surface area contributed by atoms with E-state index in [9.17, 15) is 9.59 Å². The van der Waals surface area contributed by atoms with Crippen molar-refractivity contribution in [1.29, 1.82) is 0 Å². The maximum absolute atomic E-state index is 12.6. The molecule has 3 unspecified atom stereocenters. The number of carbonyl (C=O) groups excluding carboxylic acids is 2. The maximum atomic E-state index is 12.6. The van der Waals surface area contributed by atoms with Crippen LogP contribution < -0.4 is 11.1 Å². The first-order chi connectivity index (χ1) is 11.0. The zero-order valence-electron chi connectivity index (χ0n) is 13.7. The highest BCUT2D eigenvalue weighted by Crippen LogP contribution is 2.26. The first-order valence-electron chi connectivity index (χ1n) is 7.88. The Balaban J connectivity index is 0.00000288. The summed E-state index contributed by atoms with van der Waals surface area (Å²) in [5, 5.41) is 3.00. The smallest absolute Gasteiger partial charge is 0.307 e. The molecule has 1 saturated carbocycles. The number of rotatable bonds is 5. The van der Waals surface area contributed by atoms with Crippen molar-refractivity contribution < 1.29 is 14.3 Å². The van der Waals surface area contributed by atoms with Gasteiger partial charge in [0.05, 0.1) is 19.6 Å². The largest absolute Gasteiger partial charge is 0.469 e. The monoisotopic (exact) mass is 418 g/mol. The van der Waals surface area contributed by atoms with E-state index in [-0.39, 0.29) is 42.7 Å². The van der Waals surface area contributed by atoms with Crippen LogP contribution in [-0.4, -0.2) is 25.0 Å². The number of ether oxygens (including phenoxy) is 1. The molecule has 1 aromatic carbocycles. The van der Waals surface area contributed by atoms with E-state index >= 15 is 0 Å². The van der Waals surface area contributed by atoms with E-state index in [0.29, 0.717) is 6.42 Å². The van der Waals surface area contributed by atoms with Crippen LogP contribution in [0.15, 0.2) is 28.7 Å². The summed E-state index contributed by atoms with van der Waals surface area (Å²) in [6.45, 7) is 0. The molecule has 3 N–H and O–H groups in total. The molecule has 2 rings (SSSR count). The molecule has 7 heteroatoms. The van der Waals surface area contributed by atoms with Gasteiger partial charge in [0, 0.05) is 16.4 Å². The van der Waals surface area contributed by atoms with Gasteiger partial charge in [-0.3, -0.25) is 9.59 Å². The number of carbonyl (C=O) groups is 2. The second-order valence-corrected chi connectivity index (χ2v) is 6.94. The number of methoxy groups -OCH3 is 1. The van der Waals surface area contributed by atoms with Gasteiger partial charge in [-0.25, -0.2) is 0 Å². The zero-order valence-corrected chi connectivity index (χ0v) is 16.1. The van der Waals surface area contributed by atoms with Gasteiger partial charge in [0.15, 0.2) is 0 Å². The third-order valence-electron chi connectivity index (χ3n) is 4.25. The molecule has 5 nitrogen and oxygen atoms in total. The van der Waals surface area contributed by atoms with Gasteiger partial charge < -0.3 is 15.8 Å². The average molecular weight is 420 g/mol. The molecule has 0 saturated heterocycles. The molecule has 1 fully saturated rings. The normalized spacial score (nSPS) is 21.3. The summed E-state index contributed by atoms with van der Waals surface area (Å²) in [7, 11) is 1.35. The van der Waals surface area contributed by atoms with Crippen LogP contribution in [0.2, 0.25) is 0 Å². The minimum absolute atomic E-state index is 0. The molecular weight excluding hydrogens is 396 g/mol. The van der Waals surface area contributed by atoms with E-state index < -0.39 is 6.04 Å². The molecule has 0 aliphatic heterocycles. The molecule has 1 aliphatic carbocycles. The predicted octanol–water partition coefficient (Wildman–Crippen LogP) is 3.11. The summed E-state index contributed by atoms with van der Waals surface area (Å²) in [5.74, 6) is -0.462. The van der Waals surface area contributed by atoms with Crippen molar-refractivity contribution in [3.8, 4) is 0 Å². The maximum Gasteiger partial charge on any atom is 0.307 e. The number of amides is 1. The molecule has 24 heavy (non-hydrogen) atoms. The Bertz CT molecular complexity index is 571. The molecule has 0 spiro atoms. The van der Waals surface area contributed by atoms with Crippen LogP contribution in [0.5, 0.6) is 0 Å². The number of esters is 1. The Hall–Kier alpha value is -1.11. The Morgan fingerprint density at radius 2 is 2.17 bits per heavy atom. The fourth-order valence-corrected chi connectivity index (χ4v) is 3.40. The SMILES string of the molecule is COC(=O)CC(NC(=O)C1CCCC(N)C1)c1cccc(Br)c1.Cl. The van der Waals surface area contributed by atoms with Crippen LogP contribution in [0.4, 0.5) is 0 Å². The molecule has 3 atom stereocenters. The first-order valence-corrected chi connectivity index (χ1v) is 8.67. The number of hydrogen-bond donors (Lipinski definition) is 2.